The monoisotopic (exact) mass is 386 g/mol. The molecule has 0 bridgehead atoms. The summed E-state index contributed by atoms with van der Waals surface area (Å²) in [6, 6.07) is 0. The van der Waals surface area contributed by atoms with Crippen LogP contribution < -0.4 is 4.90 Å². The highest BCUT2D eigenvalue weighted by Crippen LogP contribution is 2.33. The molecular formula is C25H30N4. The third kappa shape index (κ3) is 4.16. The Morgan fingerprint density at radius 3 is 2.62 bits per heavy atom. The molecule has 3 heterocycles. The van der Waals surface area contributed by atoms with E-state index in [1.807, 2.05) is 50.7 Å². The molecule has 0 spiro atoms. The largest absolute Gasteiger partial charge is 0.355 e. The molecule has 29 heavy (non-hydrogen) atoms. The molecule has 1 saturated heterocycles. The highest BCUT2D eigenvalue weighted by molar-refractivity contribution is 5.87. The molecule has 1 aliphatic rings. The SMILES string of the molecule is C=C/C=C\C(=C/C)c1c(C(/C=C\C)=C/C=C)nc(N2CCC(C)C2)c2cncn12. The van der Waals surface area contributed by atoms with E-state index in [-0.39, 0.29) is 0 Å². The summed E-state index contributed by atoms with van der Waals surface area (Å²) in [4.78, 5) is 12.1. The quantitative estimate of drug-likeness (QED) is 0.558. The van der Waals surface area contributed by atoms with Crippen LogP contribution in [0.5, 0.6) is 0 Å². The number of allylic oxidation sites excluding steroid dienone is 10. The fourth-order valence-electron chi connectivity index (χ4n) is 3.81. The van der Waals surface area contributed by atoms with Crippen LogP contribution in [-0.2, 0) is 0 Å². The first kappa shape index (κ1) is 20.6. The maximum absolute atomic E-state index is 5.20. The number of nitrogens with zero attached hydrogens (tertiary/aromatic N) is 4. The first-order valence-electron chi connectivity index (χ1n) is 10.2. The number of fused-ring (bicyclic) bond motifs is 1. The van der Waals surface area contributed by atoms with Gasteiger partial charge in [0.15, 0.2) is 5.82 Å². The van der Waals surface area contributed by atoms with Crippen molar-refractivity contribution in [2.24, 2.45) is 5.92 Å². The van der Waals surface area contributed by atoms with Gasteiger partial charge < -0.3 is 4.90 Å². The Kier molecular flexibility index (Phi) is 6.65. The number of aromatic nitrogens is 3. The average Bonchev–Trinajstić information content (AvgIpc) is 3.37. The number of hydrogen-bond acceptors (Lipinski definition) is 3. The molecule has 0 radical (unpaired) electrons. The third-order valence-corrected chi connectivity index (χ3v) is 5.19. The van der Waals surface area contributed by atoms with E-state index < -0.39 is 0 Å². The normalized spacial score (nSPS) is 18.4. The van der Waals surface area contributed by atoms with Gasteiger partial charge in [-0.05, 0) is 31.8 Å². The van der Waals surface area contributed by atoms with Gasteiger partial charge >= 0.3 is 0 Å². The van der Waals surface area contributed by atoms with Crippen LogP contribution >= 0.6 is 0 Å². The van der Waals surface area contributed by atoms with Gasteiger partial charge in [0.05, 0.1) is 23.9 Å². The lowest BCUT2D eigenvalue weighted by atomic mass is 10.0. The van der Waals surface area contributed by atoms with E-state index >= 15 is 0 Å². The molecule has 4 nitrogen and oxygen atoms in total. The zero-order chi connectivity index (χ0) is 20.8. The minimum Gasteiger partial charge on any atom is -0.355 e. The highest BCUT2D eigenvalue weighted by atomic mass is 15.2. The minimum atomic E-state index is 0.670. The lowest BCUT2D eigenvalue weighted by molar-refractivity contribution is 0.659. The topological polar surface area (TPSA) is 33.4 Å². The average molecular weight is 387 g/mol. The summed E-state index contributed by atoms with van der Waals surface area (Å²) < 4.78 is 2.16. The maximum atomic E-state index is 5.20. The van der Waals surface area contributed by atoms with Crippen molar-refractivity contribution in [3.8, 4) is 0 Å². The van der Waals surface area contributed by atoms with Crippen molar-refractivity contribution in [2.75, 3.05) is 18.0 Å². The maximum Gasteiger partial charge on any atom is 0.155 e. The van der Waals surface area contributed by atoms with Crippen LogP contribution in [0.25, 0.3) is 16.7 Å². The van der Waals surface area contributed by atoms with Crippen molar-refractivity contribution in [1.29, 1.82) is 0 Å². The summed E-state index contributed by atoms with van der Waals surface area (Å²) in [5, 5.41) is 0. The van der Waals surface area contributed by atoms with E-state index in [0.717, 1.165) is 47.0 Å². The fraction of sp³-hybridized carbons (Fsp3) is 0.280. The van der Waals surface area contributed by atoms with Gasteiger partial charge in [0.25, 0.3) is 0 Å². The van der Waals surface area contributed by atoms with Gasteiger partial charge in [-0.15, -0.1) is 0 Å². The zero-order valence-electron chi connectivity index (χ0n) is 17.7. The summed E-state index contributed by atoms with van der Waals surface area (Å²) in [6.45, 7) is 16.1. The molecule has 2 aromatic heterocycles. The molecular weight excluding hydrogens is 356 g/mol. The van der Waals surface area contributed by atoms with Gasteiger partial charge in [-0.25, -0.2) is 9.97 Å². The molecule has 0 aliphatic carbocycles. The molecule has 4 heteroatoms. The van der Waals surface area contributed by atoms with Gasteiger partial charge in [0, 0.05) is 18.7 Å². The summed E-state index contributed by atoms with van der Waals surface area (Å²) in [5.41, 5.74) is 5.05. The van der Waals surface area contributed by atoms with Crippen LogP contribution in [0.15, 0.2) is 74.3 Å². The summed E-state index contributed by atoms with van der Waals surface area (Å²) in [6.07, 6.45) is 20.8. The number of imidazole rings is 1. The lowest BCUT2D eigenvalue weighted by Gasteiger charge is -2.22. The first-order valence-corrected chi connectivity index (χ1v) is 10.2. The van der Waals surface area contributed by atoms with E-state index in [4.69, 9.17) is 4.98 Å². The summed E-state index contributed by atoms with van der Waals surface area (Å²) in [7, 11) is 0. The lowest BCUT2D eigenvalue weighted by Crippen LogP contribution is -2.22. The van der Waals surface area contributed by atoms with Crippen molar-refractivity contribution in [3.63, 3.8) is 0 Å². The smallest absolute Gasteiger partial charge is 0.155 e. The van der Waals surface area contributed by atoms with E-state index in [0.29, 0.717) is 5.92 Å². The molecule has 3 rings (SSSR count). The second-order valence-corrected chi connectivity index (χ2v) is 7.32. The van der Waals surface area contributed by atoms with Crippen molar-refractivity contribution in [2.45, 2.75) is 27.2 Å². The van der Waals surface area contributed by atoms with E-state index in [1.165, 1.54) is 6.42 Å². The van der Waals surface area contributed by atoms with Gasteiger partial charge in [0.2, 0.25) is 0 Å². The Bertz CT molecular complexity index is 1020. The Morgan fingerprint density at radius 1 is 1.17 bits per heavy atom. The van der Waals surface area contributed by atoms with Crippen molar-refractivity contribution in [1.82, 2.24) is 14.4 Å². The Balaban J connectivity index is 2.35. The van der Waals surface area contributed by atoms with E-state index in [9.17, 15) is 0 Å². The molecule has 0 amide bonds. The molecule has 1 unspecified atom stereocenters. The van der Waals surface area contributed by atoms with E-state index in [1.54, 1.807) is 6.08 Å². The van der Waals surface area contributed by atoms with Crippen molar-refractivity contribution >= 4 is 22.5 Å². The second kappa shape index (κ2) is 9.37. The van der Waals surface area contributed by atoms with Crippen LogP contribution in [0.3, 0.4) is 0 Å². The van der Waals surface area contributed by atoms with Gasteiger partial charge in [0.1, 0.15) is 5.52 Å². The third-order valence-electron chi connectivity index (χ3n) is 5.19. The van der Waals surface area contributed by atoms with Gasteiger partial charge in [-0.1, -0.05) is 68.7 Å². The molecule has 1 atom stereocenters. The number of hydrogen-bond donors (Lipinski definition) is 0. The highest BCUT2D eigenvalue weighted by Gasteiger charge is 2.25. The standard InChI is InChI=1S/C25H30N4/c1-6-10-13-20(9-4)24-23(21(11-7-2)12-8-3)27-25(22-16-26-18-29(22)24)28-15-14-19(5)17-28/h6-13,16,18-19H,1-2,14-15,17H2,3-5H3/b12-8-,13-10-,20-9+,21-11+. The number of rotatable bonds is 7. The molecule has 1 aliphatic heterocycles. The number of anilines is 1. The fourth-order valence-corrected chi connectivity index (χ4v) is 3.81. The van der Waals surface area contributed by atoms with Crippen LogP contribution in [0.4, 0.5) is 5.82 Å². The molecule has 2 aromatic rings. The summed E-state index contributed by atoms with van der Waals surface area (Å²) in [5.74, 6) is 1.66. The van der Waals surface area contributed by atoms with Crippen LogP contribution in [-0.4, -0.2) is 27.5 Å². The Morgan fingerprint density at radius 2 is 2.00 bits per heavy atom. The minimum absolute atomic E-state index is 0.670. The van der Waals surface area contributed by atoms with Gasteiger partial charge in [-0.3, -0.25) is 4.40 Å². The molecule has 0 N–H and O–H groups in total. The van der Waals surface area contributed by atoms with Crippen LogP contribution in [0.2, 0.25) is 0 Å². The van der Waals surface area contributed by atoms with Gasteiger partial charge in [-0.2, -0.15) is 0 Å². The van der Waals surface area contributed by atoms with Crippen LogP contribution in [0.1, 0.15) is 38.6 Å². The first-order chi connectivity index (χ1) is 14.1. The molecule has 150 valence electrons. The molecule has 1 fully saturated rings. The second-order valence-electron chi connectivity index (χ2n) is 7.32. The van der Waals surface area contributed by atoms with Crippen molar-refractivity contribution < 1.29 is 0 Å². The summed E-state index contributed by atoms with van der Waals surface area (Å²) >= 11 is 0. The molecule has 0 aromatic carbocycles. The Hall–Kier alpha value is -3.14. The van der Waals surface area contributed by atoms with Crippen LogP contribution in [0, 0.1) is 5.92 Å². The Labute approximate surface area is 174 Å². The predicted octanol–water partition coefficient (Wildman–Crippen LogP) is 5.87. The van der Waals surface area contributed by atoms with Crippen molar-refractivity contribution in [3.05, 3.63) is 85.7 Å². The van der Waals surface area contributed by atoms with E-state index in [2.05, 4.69) is 52.6 Å². The predicted molar refractivity (Wildman–Crippen MR) is 125 cm³/mol. The molecule has 0 saturated carbocycles. The zero-order valence-corrected chi connectivity index (χ0v) is 17.7.